The van der Waals surface area contributed by atoms with Gasteiger partial charge >= 0.3 is 0 Å². The van der Waals surface area contributed by atoms with Crippen LogP contribution in [0.4, 0.5) is 5.69 Å². The number of phenolic OH excluding ortho intramolecular Hbond substituents is 1. The fraction of sp³-hybridized carbons (Fsp3) is 0. The average molecular weight is 299 g/mol. The van der Waals surface area contributed by atoms with Crippen LogP contribution in [0.25, 0.3) is 10.8 Å². The molecule has 2 aromatic carbocycles. The molecule has 5 heteroatoms. The van der Waals surface area contributed by atoms with Crippen molar-refractivity contribution in [1.82, 2.24) is 4.98 Å². The lowest BCUT2D eigenvalue weighted by Crippen LogP contribution is -2.12. The monoisotopic (exact) mass is 298 g/mol. The molecule has 2 N–H and O–H groups in total. The Morgan fingerprint density at radius 3 is 2.81 bits per heavy atom. The molecule has 0 atom stereocenters. The maximum absolute atomic E-state index is 12.2. The second-order valence-corrected chi connectivity index (χ2v) is 4.99. The number of anilines is 1. The van der Waals surface area contributed by atoms with E-state index in [0.717, 1.165) is 10.8 Å². The predicted molar refractivity (Wildman–Crippen MR) is 82.8 cm³/mol. The fourth-order valence-electron chi connectivity index (χ4n) is 2.05. The molecule has 0 fully saturated rings. The Kier molecular flexibility index (Phi) is 3.46. The summed E-state index contributed by atoms with van der Waals surface area (Å²) in [5, 5.41) is 14.8. The Morgan fingerprint density at radius 1 is 1.10 bits per heavy atom. The number of nitrogens with zero attached hydrogens (tertiary/aromatic N) is 1. The smallest absolute Gasteiger partial charge is 0.259 e. The Bertz CT molecular complexity index is 833. The largest absolute Gasteiger partial charge is 0.507 e. The zero-order valence-electron chi connectivity index (χ0n) is 10.9. The van der Waals surface area contributed by atoms with E-state index in [1.807, 2.05) is 18.2 Å². The molecule has 0 aliphatic heterocycles. The van der Waals surface area contributed by atoms with Gasteiger partial charge < -0.3 is 10.4 Å². The molecule has 0 spiro atoms. The van der Waals surface area contributed by atoms with Crippen LogP contribution < -0.4 is 5.32 Å². The molecule has 0 aliphatic carbocycles. The molecule has 1 heterocycles. The summed E-state index contributed by atoms with van der Waals surface area (Å²) in [6.45, 7) is 0. The molecule has 0 saturated heterocycles. The zero-order chi connectivity index (χ0) is 14.8. The lowest BCUT2D eigenvalue weighted by atomic mass is 10.1. The number of hydrogen-bond acceptors (Lipinski definition) is 3. The van der Waals surface area contributed by atoms with Gasteiger partial charge in [-0.2, -0.15) is 0 Å². The molecule has 0 radical (unpaired) electrons. The minimum absolute atomic E-state index is 0.109. The number of aromatic nitrogens is 1. The number of amides is 1. The zero-order valence-corrected chi connectivity index (χ0v) is 11.6. The van der Waals surface area contributed by atoms with Crippen molar-refractivity contribution in [2.75, 3.05) is 5.32 Å². The van der Waals surface area contributed by atoms with Crippen LogP contribution in [-0.4, -0.2) is 16.0 Å². The highest BCUT2D eigenvalue weighted by Gasteiger charge is 2.12. The first kappa shape index (κ1) is 13.4. The first-order valence-electron chi connectivity index (χ1n) is 6.27. The van der Waals surface area contributed by atoms with E-state index in [1.165, 1.54) is 18.2 Å². The Labute approximate surface area is 126 Å². The van der Waals surface area contributed by atoms with Gasteiger partial charge in [-0.05, 0) is 41.8 Å². The van der Waals surface area contributed by atoms with Gasteiger partial charge in [0.15, 0.2) is 0 Å². The van der Waals surface area contributed by atoms with Gasteiger partial charge in [0.1, 0.15) is 5.75 Å². The standard InChI is InChI=1S/C16H11ClN2O2/c17-12-2-4-15(20)14(8-12)16(21)19-13-3-1-11-9-18-6-5-10(11)7-13/h1-9,20H,(H,19,21). The van der Waals surface area contributed by atoms with Crippen molar-refractivity contribution in [2.45, 2.75) is 0 Å². The fourth-order valence-corrected chi connectivity index (χ4v) is 2.22. The quantitative estimate of drug-likeness (QED) is 0.755. The Morgan fingerprint density at radius 2 is 1.95 bits per heavy atom. The second-order valence-electron chi connectivity index (χ2n) is 4.55. The van der Waals surface area contributed by atoms with E-state index in [2.05, 4.69) is 10.3 Å². The summed E-state index contributed by atoms with van der Waals surface area (Å²) in [5.41, 5.74) is 0.774. The number of nitrogens with one attached hydrogen (secondary N) is 1. The maximum Gasteiger partial charge on any atom is 0.259 e. The van der Waals surface area contributed by atoms with Gasteiger partial charge in [-0.15, -0.1) is 0 Å². The molecule has 3 rings (SSSR count). The van der Waals surface area contributed by atoms with E-state index in [1.54, 1.807) is 18.5 Å². The number of carbonyl (C=O) groups is 1. The van der Waals surface area contributed by atoms with Gasteiger partial charge in [0.25, 0.3) is 5.91 Å². The lowest BCUT2D eigenvalue weighted by molar-refractivity contribution is 0.102. The first-order valence-corrected chi connectivity index (χ1v) is 6.65. The topological polar surface area (TPSA) is 62.2 Å². The minimum atomic E-state index is -0.414. The number of fused-ring (bicyclic) bond motifs is 1. The van der Waals surface area contributed by atoms with E-state index < -0.39 is 5.91 Å². The number of carbonyl (C=O) groups excluding carboxylic acids is 1. The molecule has 0 unspecified atom stereocenters. The van der Waals surface area contributed by atoms with Crippen molar-refractivity contribution in [1.29, 1.82) is 0 Å². The number of rotatable bonds is 2. The Hall–Kier alpha value is -2.59. The third-order valence-electron chi connectivity index (χ3n) is 3.10. The molecular weight excluding hydrogens is 288 g/mol. The number of aromatic hydroxyl groups is 1. The molecule has 104 valence electrons. The number of phenols is 1. The van der Waals surface area contributed by atoms with E-state index in [0.29, 0.717) is 10.7 Å². The van der Waals surface area contributed by atoms with Crippen molar-refractivity contribution in [3.63, 3.8) is 0 Å². The van der Waals surface area contributed by atoms with Crippen LogP contribution in [0.15, 0.2) is 54.9 Å². The van der Waals surface area contributed by atoms with Crippen molar-refractivity contribution in [3.8, 4) is 5.75 Å². The molecule has 1 aromatic heterocycles. The first-order chi connectivity index (χ1) is 10.1. The van der Waals surface area contributed by atoms with Gasteiger partial charge in [-0.3, -0.25) is 9.78 Å². The second kappa shape index (κ2) is 5.42. The molecule has 4 nitrogen and oxygen atoms in total. The van der Waals surface area contributed by atoms with Crippen molar-refractivity contribution in [2.24, 2.45) is 0 Å². The third kappa shape index (κ3) is 2.80. The van der Waals surface area contributed by atoms with Gasteiger partial charge in [0.05, 0.1) is 5.56 Å². The normalized spacial score (nSPS) is 10.5. The van der Waals surface area contributed by atoms with Crippen molar-refractivity contribution >= 4 is 34.0 Å². The summed E-state index contributed by atoms with van der Waals surface area (Å²) in [7, 11) is 0. The van der Waals surface area contributed by atoms with Gasteiger partial charge in [-0.25, -0.2) is 0 Å². The number of halogens is 1. The lowest BCUT2D eigenvalue weighted by Gasteiger charge is -2.08. The molecule has 21 heavy (non-hydrogen) atoms. The van der Waals surface area contributed by atoms with E-state index >= 15 is 0 Å². The van der Waals surface area contributed by atoms with E-state index in [9.17, 15) is 9.90 Å². The summed E-state index contributed by atoms with van der Waals surface area (Å²) in [6, 6.07) is 11.7. The highest BCUT2D eigenvalue weighted by Crippen LogP contribution is 2.24. The average Bonchev–Trinajstić information content (AvgIpc) is 2.49. The van der Waals surface area contributed by atoms with Gasteiger partial charge in [0, 0.05) is 28.5 Å². The summed E-state index contributed by atoms with van der Waals surface area (Å²) in [4.78, 5) is 16.2. The molecule has 3 aromatic rings. The number of hydrogen-bond donors (Lipinski definition) is 2. The third-order valence-corrected chi connectivity index (χ3v) is 3.34. The van der Waals surface area contributed by atoms with Gasteiger partial charge in [-0.1, -0.05) is 17.7 Å². The van der Waals surface area contributed by atoms with Crippen molar-refractivity contribution in [3.05, 3.63) is 65.4 Å². The van der Waals surface area contributed by atoms with Crippen LogP contribution >= 0.6 is 11.6 Å². The minimum Gasteiger partial charge on any atom is -0.507 e. The summed E-state index contributed by atoms with van der Waals surface area (Å²) >= 11 is 5.84. The molecule has 0 bridgehead atoms. The maximum atomic E-state index is 12.2. The number of pyridine rings is 1. The summed E-state index contributed by atoms with van der Waals surface area (Å²) < 4.78 is 0. The molecule has 1 amide bonds. The number of benzene rings is 2. The van der Waals surface area contributed by atoms with Crippen LogP contribution in [0, 0.1) is 0 Å². The Balaban J connectivity index is 1.90. The van der Waals surface area contributed by atoms with Crippen LogP contribution in [0.2, 0.25) is 5.02 Å². The van der Waals surface area contributed by atoms with E-state index in [-0.39, 0.29) is 11.3 Å². The summed E-state index contributed by atoms with van der Waals surface area (Å²) in [5.74, 6) is -0.523. The molecular formula is C16H11ClN2O2. The SMILES string of the molecule is O=C(Nc1ccc2cnccc2c1)c1cc(Cl)ccc1O. The van der Waals surface area contributed by atoms with Crippen LogP contribution in [0.3, 0.4) is 0 Å². The molecule has 0 aliphatic rings. The van der Waals surface area contributed by atoms with Crippen LogP contribution in [0.1, 0.15) is 10.4 Å². The van der Waals surface area contributed by atoms with Crippen molar-refractivity contribution < 1.29 is 9.90 Å². The van der Waals surface area contributed by atoms with Crippen LogP contribution in [-0.2, 0) is 0 Å². The van der Waals surface area contributed by atoms with Crippen LogP contribution in [0.5, 0.6) is 5.75 Å². The predicted octanol–water partition coefficient (Wildman–Crippen LogP) is 3.85. The summed E-state index contributed by atoms with van der Waals surface area (Å²) in [6.07, 6.45) is 3.44. The highest BCUT2D eigenvalue weighted by atomic mass is 35.5. The highest BCUT2D eigenvalue weighted by molar-refractivity contribution is 6.31. The van der Waals surface area contributed by atoms with Gasteiger partial charge in [0.2, 0.25) is 0 Å². The van der Waals surface area contributed by atoms with E-state index in [4.69, 9.17) is 11.6 Å². The molecule has 0 saturated carbocycles.